The normalized spacial score (nSPS) is 19.4. The van der Waals surface area contributed by atoms with Gasteiger partial charge in [-0.3, -0.25) is 0 Å². The van der Waals surface area contributed by atoms with Gasteiger partial charge in [0.05, 0.1) is 7.11 Å². The maximum absolute atomic E-state index is 6.59. The van der Waals surface area contributed by atoms with Crippen LogP contribution in [0.5, 0.6) is 5.75 Å². The Morgan fingerprint density at radius 3 is 2.58 bits per heavy atom. The number of benzene rings is 1. The molecule has 0 bridgehead atoms. The average Bonchev–Trinajstić information content (AvgIpc) is 2.42. The van der Waals surface area contributed by atoms with Crippen molar-refractivity contribution in [2.75, 3.05) is 27.2 Å². The number of hydrogen-bond acceptors (Lipinski definition) is 3. The second-order valence-electron chi connectivity index (χ2n) is 5.84. The van der Waals surface area contributed by atoms with Crippen LogP contribution in [-0.2, 0) is 12.8 Å². The molecular weight excluding hydrogens is 236 g/mol. The van der Waals surface area contributed by atoms with Crippen molar-refractivity contribution in [2.24, 2.45) is 5.73 Å². The van der Waals surface area contributed by atoms with Crippen molar-refractivity contribution in [1.82, 2.24) is 4.90 Å². The fourth-order valence-electron chi connectivity index (χ4n) is 2.81. The topological polar surface area (TPSA) is 38.5 Å². The molecule has 0 radical (unpaired) electrons. The predicted octanol–water partition coefficient (Wildman–Crippen LogP) is 2.22. The molecule has 1 aromatic rings. The van der Waals surface area contributed by atoms with Crippen molar-refractivity contribution in [3.8, 4) is 5.75 Å². The summed E-state index contributed by atoms with van der Waals surface area (Å²) in [6.07, 6.45) is 4.08. The van der Waals surface area contributed by atoms with Gasteiger partial charge in [0.15, 0.2) is 0 Å². The maximum atomic E-state index is 6.59. The third-order valence-corrected chi connectivity index (χ3v) is 4.28. The van der Waals surface area contributed by atoms with Gasteiger partial charge < -0.3 is 15.4 Å². The van der Waals surface area contributed by atoms with E-state index in [4.69, 9.17) is 10.5 Å². The first-order chi connectivity index (χ1) is 9.06. The fourth-order valence-corrected chi connectivity index (χ4v) is 2.81. The van der Waals surface area contributed by atoms with Crippen LogP contribution in [0.25, 0.3) is 0 Å². The molecule has 3 heteroatoms. The van der Waals surface area contributed by atoms with Crippen LogP contribution < -0.4 is 10.5 Å². The minimum Gasteiger partial charge on any atom is -0.496 e. The van der Waals surface area contributed by atoms with E-state index in [0.29, 0.717) is 0 Å². The Balaban J connectivity index is 2.17. The summed E-state index contributed by atoms with van der Waals surface area (Å²) in [5.41, 5.74) is 9.12. The molecule has 0 atom stereocenters. The lowest BCUT2D eigenvalue weighted by Crippen LogP contribution is -2.50. The van der Waals surface area contributed by atoms with Crippen LogP contribution in [0.15, 0.2) is 18.2 Å². The largest absolute Gasteiger partial charge is 0.496 e. The number of hydrogen-bond donors (Lipinski definition) is 1. The van der Waals surface area contributed by atoms with Gasteiger partial charge in [-0.1, -0.05) is 19.1 Å². The highest BCUT2D eigenvalue weighted by Crippen LogP contribution is 2.29. The van der Waals surface area contributed by atoms with E-state index in [0.717, 1.165) is 44.5 Å². The Kier molecular flexibility index (Phi) is 4.48. The van der Waals surface area contributed by atoms with Crippen LogP contribution in [-0.4, -0.2) is 37.7 Å². The first kappa shape index (κ1) is 14.4. The van der Waals surface area contributed by atoms with E-state index in [1.54, 1.807) is 7.11 Å². The molecule has 1 aliphatic heterocycles. The molecule has 0 saturated carbocycles. The van der Waals surface area contributed by atoms with Gasteiger partial charge >= 0.3 is 0 Å². The Bertz CT molecular complexity index is 423. The SMILES string of the molecule is CCc1ccc(OC)c(CC2(N)CCN(C)CC2)c1. The number of ether oxygens (including phenoxy) is 1. The summed E-state index contributed by atoms with van der Waals surface area (Å²) >= 11 is 0. The lowest BCUT2D eigenvalue weighted by molar-refractivity contribution is 0.189. The molecule has 0 amide bonds. The van der Waals surface area contributed by atoms with Gasteiger partial charge in [-0.25, -0.2) is 0 Å². The Morgan fingerprint density at radius 1 is 1.32 bits per heavy atom. The van der Waals surface area contributed by atoms with Crippen LogP contribution in [0.3, 0.4) is 0 Å². The van der Waals surface area contributed by atoms with E-state index in [1.807, 2.05) is 0 Å². The van der Waals surface area contributed by atoms with E-state index in [-0.39, 0.29) is 5.54 Å². The average molecular weight is 262 g/mol. The van der Waals surface area contributed by atoms with Crippen LogP contribution in [0.4, 0.5) is 0 Å². The molecule has 0 unspecified atom stereocenters. The van der Waals surface area contributed by atoms with Gasteiger partial charge in [0.25, 0.3) is 0 Å². The van der Waals surface area contributed by atoms with Gasteiger partial charge in [-0.15, -0.1) is 0 Å². The third kappa shape index (κ3) is 3.48. The van der Waals surface area contributed by atoms with Crippen molar-refractivity contribution in [1.29, 1.82) is 0 Å². The van der Waals surface area contributed by atoms with E-state index in [9.17, 15) is 0 Å². The summed E-state index contributed by atoms with van der Waals surface area (Å²) in [6, 6.07) is 6.47. The van der Waals surface area contributed by atoms with Crippen LogP contribution in [0.2, 0.25) is 0 Å². The molecule has 1 aliphatic rings. The zero-order valence-electron chi connectivity index (χ0n) is 12.4. The molecular formula is C16H26N2O. The zero-order valence-corrected chi connectivity index (χ0v) is 12.4. The second-order valence-corrected chi connectivity index (χ2v) is 5.84. The zero-order chi connectivity index (χ0) is 13.9. The van der Waals surface area contributed by atoms with E-state index >= 15 is 0 Å². The lowest BCUT2D eigenvalue weighted by Gasteiger charge is -2.38. The molecule has 0 spiro atoms. The number of nitrogens with zero attached hydrogens (tertiary/aromatic N) is 1. The molecule has 19 heavy (non-hydrogen) atoms. The highest BCUT2D eigenvalue weighted by atomic mass is 16.5. The Labute approximate surface area is 116 Å². The molecule has 1 heterocycles. The molecule has 0 aromatic heterocycles. The Morgan fingerprint density at radius 2 is 2.00 bits per heavy atom. The summed E-state index contributed by atoms with van der Waals surface area (Å²) in [6.45, 7) is 4.36. The van der Waals surface area contributed by atoms with Gasteiger partial charge in [-0.2, -0.15) is 0 Å². The second kappa shape index (κ2) is 5.93. The molecule has 1 aromatic carbocycles. The fraction of sp³-hybridized carbons (Fsp3) is 0.625. The summed E-state index contributed by atoms with van der Waals surface area (Å²) in [4.78, 5) is 2.35. The van der Waals surface area contributed by atoms with Crippen LogP contribution in [0, 0.1) is 0 Å². The highest BCUT2D eigenvalue weighted by Gasteiger charge is 2.30. The standard InChI is InChI=1S/C16H26N2O/c1-4-13-5-6-15(19-3)14(11-13)12-16(17)7-9-18(2)10-8-16/h5-6,11H,4,7-10,12,17H2,1-3H3. The van der Waals surface area contributed by atoms with Gasteiger partial charge in [0.1, 0.15) is 5.75 Å². The predicted molar refractivity (Wildman–Crippen MR) is 79.7 cm³/mol. The summed E-state index contributed by atoms with van der Waals surface area (Å²) in [7, 11) is 3.90. The van der Waals surface area contributed by atoms with Gasteiger partial charge in [-0.05, 0) is 63.0 Å². The van der Waals surface area contributed by atoms with Gasteiger partial charge in [0, 0.05) is 5.54 Å². The molecule has 2 rings (SSSR count). The molecule has 3 nitrogen and oxygen atoms in total. The van der Waals surface area contributed by atoms with Crippen molar-refractivity contribution >= 4 is 0 Å². The first-order valence-electron chi connectivity index (χ1n) is 7.19. The number of methoxy groups -OCH3 is 1. The Hall–Kier alpha value is -1.06. The summed E-state index contributed by atoms with van der Waals surface area (Å²) in [5.74, 6) is 0.973. The summed E-state index contributed by atoms with van der Waals surface area (Å²) in [5, 5.41) is 0. The van der Waals surface area contributed by atoms with Crippen molar-refractivity contribution < 1.29 is 4.74 Å². The smallest absolute Gasteiger partial charge is 0.122 e. The molecule has 2 N–H and O–H groups in total. The van der Waals surface area contributed by atoms with Crippen LogP contribution in [0.1, 0.15) is 30.9 Å². The minimum absolute atomic E-state index is 0.0772. The van der Waals surface area contributed by atoms with E-state index in [2.05, 4.69) is 37.1 Å². The number of nitrogens with two attached hydrogens (primary N) is 1. The number of aryl methyl sites for hydroxylation is 1. The van der Waals surface area contributed by atoms with Crippen molar-refractivity contribution in [2.45, 2.75) is 38.1 Å². The summed E-state index contributed by atoms with van der Waals surface area (Å²) < 4.78 is 5.49. The van der Waals surface area contributed by atoms with Crippen molar-refractivity contribution in [3.05, 3.63) is 29.3 Å². The van der Waals surface area contributed by atoms with Gasteiger partial charge in [0.2, 0.25) is 0 Å². The third-order valence-electron chi connectivity index (χ3n) is 4.28. The number of piperidine rings is 1. The molecule has 1 saturated heterocycles. The minimum atomic E-state index is -0.0772. The number of likely N-dealkylation sites (tertiary alicyclic amines) is 1. The number of rotatable bonds is 4. The van der Waals surface area contributed by atoms with E-state index in [1.165, 1.54) is 11.1 Å². The monoisotopic (exact) mass is 262 g/mol. The van der Waals surface area contributed by atoms with E-state index < -0.39 is 0 Å². The van der Waals surface area contributed by atoms with Crippen molar-refractivity contribution in [3.63, 3.8) is 0 Å². The van der Waals surface area contributed by atoms with Crippen LogP contribution >= 0.6 is 0 Å². The first-order valence-corrected chi connectivity index (χ1v) is 7.19. The molecule has 0 aliphatic carbocycles. The molecule has 1 fully saturated rings. The quantitative estimate of drug-likeness (QED) is 0.904. The maximum Gasteiger partial charge on any atom is 0.122 e. The molecule has 106 valence electrons. The lowest BCUT2D eigenvalue weighted by atomic mass is 9.82. The highest BCUT2D eigenvalue weighted by molar-refractivity contribution is 5.38.